The Morgan fingerprint density at radius 1 is 1.24 bits per heavy atom. The molecular weight excluding hydrogens is 214 g/mol. The Balaban J connectivity index is 1.77. The van der Waals surface area contributed by atoms with Gasteiger partial charge < -0.3 is 15.2 Å². The molecule has 0 aromatic carbocycles. The molecule has 0 heterocycles. The van der Waals surface area contributed by atoms with Crippen LogP contribution in [0.15, 0.2) is 0 Å². The van der Waals surface area contributed by atoms with Gasteiger partial charge in [0, 0.05) is 24.1 Å². The normalized spacial score (nSPS) is 40.9. The van der Waals surface area contributed by atoms with Crippen LogP contribution < -0.4 is 5.32 Å². The second-order valence-electron chi connectivity index (χ2n) is 6.23. The maximum absolute atomic E-state index is 9.50. The molecule has 100 valence electrons. The molecule has 2 fully saturated rings. The molecule has 3 heteroatoms. The Bertz CT molecular complexity index is 247. The van der Waals surface area contributed by atoms with Crippen molar-refractivity contribution in [3.05, 3.63) is 0 Å². The molecule has 0 aromatic heterocycles. The van der Waals surface area contributed by atoms with Crippen molar-refractivity contribution in [2.75, 3.05) is 6.61 Å². The highest BCUT2D eigenvalue weighted by Gasteiger charge is 2.49. The Kier molecular flexibility index (Phi) is 4.11. The van der Waals surface area contributed by atoms with E-state index in [0.29, 0.717) is 18.2 Å². The second-order valence-corrected chi connectivity index (χ2v) is 6.23. The Labute approximate surface area is 105 Å². The van der Waals surface area contributed by atoms with Crippen LogP contribution in [-0.4, -0.2) is 36.0 Å². The second kappa shape index (κ2) is 5.25. The predicted octanol–water partition coefficient (Wildman–Crippen LogP) is 2.08. The van der Waals surface area contributed by atoms with Crippen molar-refractivity contribution in [1.82, 2.24) is 5.32 Å². The van der Waals surface area contributed by atoms with Gasteiger partial charge in [0.05, 0.1) is 12.2 Å². The molecule has 2 aliphatic carbocycles. The number of aliphatic hydroxyl groups is 1. The maximum atomic E-state index is 9.50. The third-order valence-electron chi connectivity index (χ3n) is 4.68. The molecule has 2 saturated carbocycles. The number of hydrogen-bond donors (Lipinski definition) is 2. The summed E-state index contributed by atoms with van der Waals surface area (Å²) in [6.07, 6.45) is 5.65. The summed E-state index contributed by atoms with van der Waals surface area (Å²) in [6.45, 7) is 7.48. The smallest absolute Gasteiger partial charge is 0.0655 e. The zero-order valence-electron chi connectivity index (χ0n) is 11.4. The Morgan fingerprint density at radius 2 is 1.88 bits per heavy atom. The summed E-state index contributed by atoms with van der Waals surface area (Å²) in [5.41, 5.74) is 0.256. The molecule has 2 atom stereocenters. The molecular formula is C14H27NO2. The van der Waals surface area contributed by atoms with Gasteiger partial charge in [-0.15, -0.1) is 0 Å². The monoisotopic (exact) mass is 241 g/mol. The molecule has 2 rings (SSSR count). The van der Waals surface area contributed by atoms with Gasteiger partial charge in [-0.1, -0.05) is 13.8 Å². The molecule has 2 aliphatic rings. The molecule has 0 saturated heterocycles. The van der Waals surface area contributed by atoms with Crippen LogP contribution in [0.5, 0.6) is 0 Å². The van der Waals surface area contributed by atoms with Crippen molar-refractivity contribution < 1.29 is 9.84 Å². The van der Waals surface area contributed by atoms with Gasteiger partial charge in [-0.3, -0.25) is 0 Å². The summed E-state index contributed by atoms with van der Waals surface area (Å²) >= 11 is 0. The van der Waals surface area contributed by atoms with Crippen molar-refractivity contribution in [3.63, 3.8) is 0 Å². The van der Waals surface area contributed by atoms with Crippen molar-refractivity contribution >= 4 is 0 Å². The lowest BCUT2D eigenvalue weighted by Crippen LogP contribution is -2.63. The minimum Gasteiger partial charge on any atom is -0.393 e. The maximum Gasteiger partial charge on any atom is 0.0655 e. The molecule has 0 aromatic rings. The lowest BCUT2D eigenvalue weighted by molar-refractivity contribution is -0.117. The van der Waals surface area contributed by atoms with E-state index in [2.05, 4.69) is 26.1 Å². The van der Waals surface area contributed by atoms with Crippen LogP contribution in [-0.2, 0) is 4.74 Å². The van der Waals surface area contributed by atoms with Crippen LogP contribution >= 0.6 is 0 Å². The minimum atomic E-state index is -0.0568. The molecule has 3 nitrogen and oxygen atoms in total. The van der Waals surface area contributed by atoms with E-state index in [4.69, 9.17) is 4.74 Å². The van der Waals surface area contributed by atoms with E-state index < -0.39 is 0 Å². The topological polar surface area (TPSA) is 41.5 Å². The van der Waals surface area contributed by atoms with Crippen molar-refractivity contribution in [2.45, 2.75) is 77.2 Å². The van der Waals surface area contributed by atoms with Crippen molar-refractivity contribution in [3.8, 4) is 0 Å². The largest absolute Gasteiger partial charge is 0.393 e. The summed E-state index contributed by atoms with van der Waals surface area (Å²) in [7, 11) is 0. The SMILES string of the molecule is CCOC1CC(NC2CCC(O)CC2)C1(C)C. The van der Waals surface area contributed by atoms with Crippen LogP contribution in [0.1, 0.15) is 52.9 Å². The summed E-state index contributed by atoms with van der Waals surface area (Å²) in [5, 5.41) is 13.3. The van der Waals surface area contributed by atoms with Gasteiger partial charge in [0.15, 0.2) is 0 Å². The Morgan fingerprint density at radius 3 is 2.41 bits per heavy atom. The quantitative estimate of drug-likeness (QED) is 0.792. The van der Waals surface area contributed by atoms with Gasteiger partial charge in [-0.2, -0.15) is 0 Å². The fourth-order valence-electron chi connectivity index (χ4n) is 3.18. The first-order valence-corrected chi connectivity index (χ1v) is 7.09. The van der Waals surface area contributed by atoms with Crippen LogP contribution in [0.4, 0.5) is 0 Å². The summed E-state index contributed by atoms with van der Waals surface area (Å²) in [4.78, 5) is 0. The number of nitrogens with one attached hydrogen (secondary N) is 1. The van der Waals surface area contributed by atoms with Crippen LogP contribution in [0.2, 0.25) is 0 Å². The zero-order valence-corrected chi connectivity index (χ0v) is 11.4. The molecule has 0 aliphatic heterocycles. The minimum absolute atomic E-state index is 0.0568. The summed E-state index contributed by atoms with van der Waals surface area (Å²) < 4.78 is 5.75. The molecule has 2 unspecified atom stereocenters. The van der Waals surface area contributed by atoms with Crippen LogP contribution in [0, 0.1) is 5.41 Å². The summed E-state index contributed by atoms with van der Waals surface area (Å²) in [5.74, 6) is 0. The third kappa shape index (κ3) is 2.83. The Hall–Kier alpha value is -0.120. The third-order valence-corrected chi connectivity index (χ3v) is 4.68. The van der Waals surface area contributed by atoms with Crippen LogP contribution in [0.25, 0.3) is 0 Å². The van der Waals surface area contributed by atoms with Gasteiger partial charge >= 0.3 is 0 Å². The van der Waals surface area contributed by atoms with E-state index in [0.717, 1.165) is 38.7 Å². The average molecular weight is 241 g/mol. The van der Waals surface area contributed by atoms with Gasteiger partial charge in [0.1, 0.15) is 0 Å². The van der Waals surface area contributed by atoms with Gasteiger partial charge in [0.2, 0.25) is 0 Å². The van der Waals surface area contributed by atoms with Crippen molar-refractivity contribution in [2.24, 2.45) is 5.41 Å². The summed E-state index contributed by atoms with van der Waals surface area (Å²) in [6, 6.07) is 1.18. The predicted molar refractivity (Wildman–Crippen MR) is 69.0 cm³/mol. The number of ether oxygens (including phenoxy) is 1. The van der Waals surface area contributed by atoms with Crippen molar-refractivity contribution in [1.29, 1.82) is 0 Å². The molecule has 0 amide bonds. The fourth-order valence-corrected chi connectivity index (χ4v) is 3.18. The standard InChI is InChI=1S/C14H27NO2/c1-4-17-13-9-12(14(13,2)3)15-10-5-7-11(16)8-6-10/h10-13,15-16H,4-9H2,1-3H3. The highest BCUT2D eigenvalue weighted by atomic mass is 16.5. The van der Waals surface area contributed by atoms with Gasteiger partial charge in [-0.05, 0) is 39.0 Å². The molecule has 0 bridgehead atoms. The number of hydrogen-bond acceptors (Lipinski definition) is 3. The first-order chi connectivity index (χ1) is 8.04. The number of rotatable bonds is 4. The highest BCUT2D eigenvalue weighted by molar-refractivity contribution is 5.04. The molecule has 0 radical (unpaired) electrons. The van der Waals surface area contributed by atoms with E-state index in [1.165, 1.54) is 0 Å². The number of aliphatic hydroxyl groups excluding tert-OH is 1. The van der Waals surface area contributed by atoms with E-state index in [1.54, 1.807) is 0 Å². The van der Waals surface area contributed by atoms with E-state index in [-0.39, 0.29) is 11.5 Å². The molecule has 2 N–H and O–H groups in total. The fraction of sp³-hybridized carbons (Fsp3) is 1.00. The zero-order chi connectivity index (χ0) is 12.5. The van der Waals surface area contributed by atoms with E-state index in [1.807, 2.05) is 0 Å². The lowest BCUT2D eigenvalue weighted by Gasteiger charge is -2.53. The lowest BCUT2D eigenvalue weighted by atomic mass is 9.64. The first-order valence-electron chi connectivity index (χ1n) is 7.09. The van der Waals surface area contributed by atoms with Crippen LogP contribution in [0.3, 0.4) is 0 Å². The highest BCUT2D eigenvalue weighted by Crippen LogP contribution is 2.43. The van der Waals surface area contributed by atoms with E-state index >= 15 is 0 Å². The van der Waals surface area contributed by atoms with Gasteiger partial charge in [-0.25, -0.2) is 0 Å². The van der Waals surface area contributed by atoms with Gasteiger partial charge in [0.25, 0.3) is 0 Å². The van der Waals surface area contributed by atoms with E-state index in [9.17, 15) is 5.11 Å². The average Bonchev–Trinajstić information content (AvgIpc) is 2.30. The molecule has 0 spiro atoms. The first kappa shape index (κ1) is 13.3. The molecule has 17 heavy (non-hydrogen) atoms.